The molecule has 3 heterocycles. The molecule has 3 aromatic rings. The number of thiocarbonyl (C=S) groups is 1. The molecule has 5 rings (SSSR count). The van der Waals surface area contributed by atoms with E-state index < -0.39 is 0 Å². The lowest BCUT2D eigenvalue weighted by Gasteiger charge is -2.37. The summed E-state index contributed by atoms with van der Waals surface area (Å²) < 4.78 is 5.83. The van der Waals surface area contributed by atoms with Gasteiger partial charge in [0.25, 0.3) is 11.6 Å². The van der Waals surface area contributed by atoms with Crippen LogP contribution in [-0.4, -0.2) is 60.1 Å². The summed E-state index contributed by atoms with van der Waals surface area (Å²) in [5.74, 6) is 0.467. The van der Waals surface area contributed by atoms with E-state index in [2.05, 4.69) is 22.0 Å². The van der Waals surface area contributed by atoms with E-state index in [1.165, 1.54) is 5.56 Å². The zero-order chi connectivity index (χ0) is 27.5. The molecule has 1 amide bonds. The Morgan fingerprint density at radius 2 is 1.64 bits per heavy atom. The molecule has 0 atom stereocenters. The van der Waals surface area contributed by atoms with Crippen molar-refractivity contribution in [3.8, 4) is 11.3 Å². The van der Waals surface area contributed by atoms with Crippen LogP contribution >= 0.6 is 12.2 Å². The van der Waals surface area contributed by atoms with E-state index in [0.29, 0.717) is 42.7 Å². The van der Waals surface area contributed by atoms with Crippen LogP contribution in [0.3, 0.4) is 0 Å². The maximum atomic E-state index is 12.8. The van der Waals surface area contributed by atoms with Gasteiger partial charge in [-0.3, -0.25) is 20.2 Å². The Morgan fingerprint density at radius 3 is 2.33 bits per heavy atom. The number of aryl methyl sites for hydroxylation is 2. The Labute approximate surface area is 233 Å². The van der Waals surface area contributed by atoms with E-state index in [1.807, 2.05) is 42.2 Å². The average Bonchev–Trinajstić information content (AvgIpc) is 3.45. The molecule has 0 aliphatic carbocycles. The monoisotopic (exact) mass is 547 g/mol. The predicted octanol–water partition coefficient (Wildman–Crippen LogP) is 5.30. The Kier molecular flexibility index (Phi) is 7.83. The summed E-state index contributed by atoms with van der Waals surface area (Å²) in [6.07, 6.45) is 3.26. The van der Waals surface area contributed by atoms with Gasteiger partial charge < -0.3 is 19.1 Å². The fraction of sp³-hybridized carbons (Fsp3) is 0.379. The molecule has 0 spiro atoms. The first-order valence-corrected chi connectivity index (χ1v) is 13.8. The van der Waals surface area contributed by atoms with E-state index in [4.69, 9.17) is 16.6 Å². The zero-order valence-electron chi connectivity index (χ0n) is 22.3. The maximum absolute atomic E-state index is 12.8. The number of carbonyl (C=O) groups excluding carboxylic acids is 1. The molecule has 0 bridgehead atoms. The van der Waals surface area contributed by atoms with Crippen molar-refractivity contribution in [2.24, 2.45) is 0 Å². The van der Waals surface area contributed by atoms with Crippen LogP contribution < -0.4 is 15.1 Å². The minimum atomic E-state index is -0.376. The van der Waals surface area contributed by atoms with Gasteiger partial charge in [0.05, 0.1) is 4.92 Å². The molecular weight excluding hydrogens is 514 g/mol. The molecule has 9 nitrogen and oxygen atoms in total. The molecule has 2 aromatic carbocycles. The summed E-state index contributed by atoms with van der Waals surface area (Å²) >= 11 is 5.54. The van der Waals surface area contributed by atoms with Gasteiger partial charge in [-0.15, -0.1) is 0 Å². The van der Waals surface area contributed by atoms with E-state index in [0.717, 1.165) is 49.2 Å². The number of anilines is 2. The molecule has 0 radical (unpaired) electrons. The van der Waals surface area contributed by atoms with Gasteiger partial charge in [0.2, 0.25) is 0 Å². The summed E-state index contributed by atoms with van der Waals surface area (Å²) in [5, 5.41) is 14.8. The Hall–Kier alpha value is -3.92. The molecule has 0 saturated carbocycles. The van der Waals surface area contributed by atoms with Crippen molar-refractivity contribution < 1.29 is 14.1 Å². The van der Waals surface area contributed by atoms with Gasteiger partial charge in [-0.1, -0.05) is 12.1 Å². The highest BCUT2D eigenvalue weighted by atomic mass is 32.1. The Morgan fingerprint density at radius 1 is 0.897 bits per heavy atom. The van der Waals surface area contributed by atoms with Crippen LogP contribution in [0.5, 0.6) is 0 Å². The lowest BCUT2D eigenvalue weighted by atomic mass is 10.1. The van der Waals surface area contributed by atoms with Gasteiger partial charge in [0.15, 0.2) is 10.9 Å². The van der Waals surface area contributed by atoms with Crippen molar-refractivity contribution in [3.63, 3.8) is 0 Å². The summed E-state index contributed by atoms with van der Waals surface area (Å²) in [7, 11) is 0. The van der Waals surface area contributed by atoms with Crippen LogP contribution in [0.25, 0.3) is 11.3 Å². The van der Waals surface area contributed by atoms with Crippen LogP contribution in [0.15, 0.2) is 52.9 Å². The van der Waals surface area contributed by atoms with E-state index >= 15 is 0 Å². The number of nitrogens with one attached hydrogen (secondary N) is 1. The third-order valence-corrected chi connectivity index (χ3v) is 7.99. The largest absolute Gasteiger partial charge is 0.451 e. The number of hydrogen-bond donors (Lipinski definition) is 1. The molecule has 2 saturated heterocycles. The number of piperazine rings is 1. The third-order valence-electron chi connectivity index (χ3n) is 7.63. The van der Waals surface area contributed by atoms with Gasteiger partial charge in [-0.05, 0) is 86.8 Å². The first-order valence-electron chi connectivity index (χ1n) is 13.4. The molecule has 2 fully saturated rings. The molecule has 1 aromatic heterocycles. The number of nitrogens with zero attached hydrogens (tertiary/aromatic N) is 4. The summed E-state index contributed by atoms with van der Waals surface area (Å²) in [6, 6.07) is 14.9. The topological polar surface area (TPSA) is 95.1 Å². The van der Waals surface area contributed by atoms with Crippen LogP contribution in [-0.2, 0) is 0 Å². The molecule has 2 aliphatic heterocycles. The zero-order valence-corrected chi connectivity index (χ0v) is 23.1. The van der Waals surface area contributed by atoms with Crippen LogP contribution in [0.1, 0.15) is 40.9 Å². The number of carbonyl (C=O) groups is 1. The number of piperidine rings is 1. The highest BCUT2D eigenvalue weighted by Crippen LogP contribution is 2.34. The number of rotatable bonds is 5. The molecule has 1 N–H and O–H groups in total. The maximum Gasteiger partial charge on any atom is 0.293 e. The molecule has 39 heavy (non-hydrogen) atoms. The Bertz CT molecular complexity index is 1390. The average molecular weight is 548 g/mol. The first kappa shape index (κ1) is 26.7. The number of amides is 1. The lowest BCUT2D eigenvalue weighted by molar-refractivity contribution is -0.384. The second-order valence-electron chi connectivity index (χ2n) is 10.2. The van der Waals surface area contributed by atoms with Gasteiger partial charge in [0, 0.05) is 56.6 Å². The van der Waals surface area contributed by atoms with E-state index in [9.17, 15) is 14.9 Å². The molecule has 0 unspecified atom stereocenters. The molecular formula is C29H33N5O4S. The standard InChI is InChI=1S/C29H33N5O4S/c1-20-6-7-22(18-21(20)2)26-10-11-27(38-26)28(35)30-29(39)33-16-14-31(15-17-33)23-8-9-24(34(36)37)25(19-23)32-12-4-3-5-13-32/h6-11,18-19H,3-5,12-17H2,1-2H3,(H,30,35,39). The van der Waals surface area contributed by atoms with Crippen molar-refractivity contribution in [1.29, 1.82) is 0 Å². The SMILES string of the molecule is Cc1ccc(-c2ccc(C(=O)NC(=S)N3CCN(c4ccc([N+](=O)[O-])c(N5CCCCC5)c4)CC3)o2)cc1C. The highest BCUT2D eigenvalue weighted by molar-refractivity contribution is 7.80. The molecule has 204 valence electrons. The molecule has 10 heteroatoms. The number of hydrogen-bond acceptors (Lipinski definition) is 7. The normalized spacial score (nSPS) is 15.8. The number of nitro benzene ring substituents is 1. The quantitative estimate of drug-likeness (QED) is 0.261. The predicted molar refractivity (Wildman–Crippen MR) is 157 cm³/mol. The van der Waals surface area contributed by atoms with E-state index in [-0.39, 0.29) is 22.3 Å². The van der Waals surface area contributed by atoms with Gasteiger partial charge >= 0.3 is 0 Å². The van der Waals surface area contributed by atoms with Gasteiger partial charge in [0.1, 0.15) is 11.4 Å². The van der Waals surface area contributed by atoms with Gasteiger partial charge in [-0.2, -0.15) is 0 Å². The van der Waals surface area contributed by atoms with Crippen LogP contribution in [0.4, 0.5) is 17.1 Å². The smallest absolute Gasteiger partial charge is 0.293 e. The lowest BCUT2D eigenvalue weighted by Crippen LogP contribution is -2.52. The van der Waals surface area contributed by atoms with Crippen molar-refractivity contribution in [1.82, 2.24) is 10.2 Å². The second-order valence-corrected chi connectivity index (χ2v) is 10.6. The fourth-order valence-electron chi connectivity index (χ4n) is 5.17. The minimum Gasteiger partial charge on any atom is -0.451 e. The summed E-state index contributed by atoms with van der Waals surface area (Å²) in [5.41, 5.74) is 5.09. The highest BCUT2D eigenvalue weighted by Gasteiger charge is 2.26. The van der Waals surface area contributed by atoms with Crippen LogP contribution in [0.2, 0.25) is 0 Å². The second kappa shape index (κ2) is 11.4. The van der Waals surface area contributed by atoms with Crippen molar-refractivity contribution >= 4 is 40.3 Å². The first-order chi connectivity index (χ1) is 18.8. The van der Waals surface area contributed by atoms with Crippen molar-refractivity contribution in [2.75, 3.05) is 49.1 Å². The van der Waals surface area contributed by atoms with E-state index in [1.54, 1.807) is 18.2 Å². The third kappa shape index (κ3) is 5.90. The summed E-state index contributed by atoms with van der Waals surface area (Å²) in [6.45, 7) is 8.41. The van der Waals surface area contributed by atoms with Gasteiger partial charge in [-0.25, -0.2) is 0 Å². The van der Waals surface area contributed by atoms with Crippen molar-refractivity contribution in [3.05, 3.63) is 75.5 Å². The Balaban J connectivity index is 1.19. The number of nitro groups is 1. The number of benzene rings is 2. The number of furan rings is 1. The fourth-order valence-corrected chi connectivity index (χ4v) is 5.44. The van der Waals surface area contributed by atoms with Crippen molar-refractivity contribution in [2.45, 2.75) is 33.1 Å². The molecule has 2 aliphatic rings. The summed E-state index contributed by atoms with van der Waals surface area (Å²) in [4.78, 5) is 30.5. The minimum absolute atomic E-state index is 0.154. The van der Waals surface area contributed by atoms with Crippen LogP contribution in [0, 0.1) is 24.0 Å².